The van der Waals surface area contributed by atoms with Gasteiger partial charge in [-0.3, -0.25) is 4.79 Å². The predicted octanol–water partition coefficient (Wildman–Crippen LogP) is 4.13. The third-order valence-corrected chi connectivity index (χ3v) is 4.04. The van der Waals surface area contributed by atoms with Crippen molar-refractivity contribution in [3.05, 3.63) is 83.9 Å². The van der Waals surface area contributed by atoms with Gasteiger partial charge in [0.05, 0.1) is 20.4 Å². The topological polar surface area (TPSA) is 59.9 Å². The minimum absolute atomic E-state index is 0.272. The third-order valence-electron chi connectivity index (χ3n) is 4.04. The van der Waals surface area contributed by atoms with Crippen LogP contribution in [0.15, 0.2) is 77.9 Å². The lowest BCUT2D eigenvalue weighted by atomic mass is 10.0. The van der Waals surface area contributed by atoms with Crippen LogP contribution in [0.1, 0.15) is 15.9 Å². The Morgan fingerprint density at radius 1 is 0.852 bits per heavy atom. The Bertz CT molecular complexity index is 936. The van der Waals surface area contributed by atoms with E-state index in [4.69, 9.17) is 9.47 Å². The van der Waals surface area contributed by atoms with Crippen molar-refractivity contribution in [2.75, 3.05) is 14.2 Å². The molecule has 3 rings (SSSR count). The van der Waals surface area contributed by atoms with Gasteiger partial charge in [-0.25, -0.2) is 5.43 Å². The highest BCUT2D eigenvalue weighted by atomic mass is 16.5. The molecule has 1 amide bonds. The molecule has 0 aliphatic carbocycles. The quantitative estimate of drug-likeness (QED) is 0.531. The summed E-state index contributed by atoms with van der Waals surface area (Å²) in [6.45, 7) is 0. The first kappa shape index (κ1) is 18.2. The van der Waals surface area contributed by atoms with E-state index >= 15 is 0 Å². The van der Waals surface area contributed by atoms with Crippen LogP contribution in [0.5, 0.6) is 11.5 Å². The van der Waals surface area contributed by atoms with Crippen LogP contribution in [-0.2, 0) is 0 Å². The summed E-state index contributed by atoms with van der Waals surface area (Å²) in [5, 5.41) is 4.01. The van der Waals surface area contributed by atoms with Crippen LogP contribution in [0, 0.1) is 0 Å². The summed E-state index contributed by atoms with van der Waals surface area (Å²) in [6.07, 6.45) is 1.55. The lowest BCUT2D eigenvalue weighted by Crippen LogP contribution is -2.17. The number of ether oxygens (including phenoxy) is 2. The molecule has 5 nitrogen and oxygen atoms in total. The molecule has 0 aromatic heterocycles. The van der Waals surface area contributed by atoms with E-state index in [0.29, 0.717) is 17.1 Å². The SMILES string of the molecule is COc1ccc(/C=N/NC(=O)c2ccc(-c3ccccc3)cc2)cc1OC. The largest absolute Gasteiger partial charge is 0.493 e. The Kier molecular flexibility index (Phi) is 5.84. The summed E-state index contributed by atoms with van der Waals surface area (Å²) in [5.41, 5.74) is 6.02. The van der Waals surface area contributed by atoms with Gasteiger partial charge in [-0.05, 0) is 47.0 Å². The number of hydrogen-bond acceptors (Lipinski definition) is 4. The highest BCUT2D eigenvalue weighted by Crippen LogP contribution is 2.26. The van der Waals surface area contributed by atoms with E-state index in [1.165, 1.54) is 0 Å². The smallest absolute Gasteiger partial charge is 0.271 e. The van der Waals surface area contributed by atoms with Crippen molar-refractivity contribution in [2.24, 2.45) is 5.10 Å². The second-order valence-corrected chi connectivity index (χ2v) is 5.76. The first-order chi connectivity index (χ1) is 13.2. The third kappa shape index (κ3) is 4.52. The Balaban J connectivity index is 1.64. The fourth-order valence-electron chi connectivity index (χ4n) is 2.61. The lowest BCUT2D eigenvalue weighted by molar-refractivity contribution is 0.0955. The monoisotopic (exact) mass is 360 g/mol. The first-order valence-electron chi connectivity index (χ1n) is 8.42. The fraction of sp³-hybridized carbons (Fsp3) is 0.0909. The number of hydrogen-bond donors (Lipinski definition) is 1. The van der Waals surface area contributed by atoms with E-state index in [2.05, 4.69) is 10.5 Å². The Morgan fingerprint density at radius 2 is 1.52 bits per heavy atom. The molecule has 0 fully saturated rings. The van der Waals surface area contributed by atoms with Crippen LogP contribution in [0.25, 0.3) is 11.1 Å². The number of rotatable bonds is 6. The van der Waals surface area contributed by atoms with Crippen molar-refractivity contribution >= 4 is 12.1 Å². The summed E-state index contributed by atoms with van der Waals surface area (Å²) in [6, 6.07) is 22.8. The first-order valence-corrected chi connectivity index (χ1v) is 8.42. The number of methoxy groups -OCH3 is 2. The van der Waals surface area contributed by atoms with Gasteiger partial charge in [-0.15, -0.1) is 0 Å². The van der Waals surface area contributed by atoms with Gasteiger partial charge < -0.3 is 9.47 Å². The van der Waals surface area contributed by atoms with Gasteiger partial charge in [0.25, 0.3) is 5.91 Å². The molecule has 0 unspecified atom stereocenters. The molecule has 136 valence electrons. The highest BCUT2D eigenvalue weighted by molar-refractivity contribution is 5.95. The molecule has 3 aromatic carbocycles. The molecular formula is C22H20N2O3. The fourth-order valence-corrected chi connectivity index (χ4v) is 2.61. The minimum Gasteiger partial charge on any atom is -0.493 e. The Morgan fingerprint density at radius 3 is 2.19 bits per heavy atom. The van der Waals surface area contributed by atoms with Crippen molar-refractivity contribution < 1.29 is 14.3 Å². The normalized spacial score (nSPS) is 10.6. The average molecular weight is 360 g/mol. The van der Waals surface area contributed by atoms with Crippen LogP contribution in [0.2, 0.25) is 0 Å². The zero-order valence-corrected chi connectivity index (χ0v) is 15.2. The van der Waals surface area contributed by atoms with Crippen LogP contribution in [0.4, 0.5) is 0 Å². The van der Waals surface area contributed by atoms with Crippen LogP contribution >= 0.6 is 0 Å². The standard InChI is InChI=1S/C22H20N2O3/c1-26-20-13-8-16(14-21(20)27-2)15-23-24-22(25)19-11-9-18(10-12-19)17-6-4-3-5-7-17/h3-15H,1-2H3,(H,24,25)/b23-15+. The number of carbonyl (C=O) groups is 1. The van der Waals surface area contributed by atoms with E-state index in [1.807, 2.05) is 48.5 Å². The second kappa shape index (κ2) is 8.67. The molecule has 0 aliphatic heterocycles. The Hall–Kier alpha value is -3.60. The van der Waals surface area contributed by atoms with Crippen LogP contribution in [0.3, 0.4) is 0 Å². The summed E-state index contributed by atoms with van der Waals surface area (Å²) in [4.78, 5) is 12.2. The van der Waals surface area contributed by atoms with Gasteiger partial charge in [0, 0.05) is 5.56 Å². The number of nitrogens with one attached hydrogen (secondary N) is 1. The van der Waals surface area contributed by atoms with E-state index in [9.17, 15) is 4.79 Å². The summed E-state index contributed by atoms with van der Waals surface area (Å²) < 4.78 is 10.4. The van der Waals surface area contributed by atoms with Gasteiger partial charge in [-0.2, -0.15) is 5.10 Å². The summed E-state index contributed by atoms with van der Waals surface area (Å²) >= 11 is 0. The van der Waals surface area contributed by atoms with Gasteiger partial charge in [0.2, 0.25) is 0 Å². The van der Waals surface area contributed by atoms with Crippen LogP contribution < -0.4 is 14.9 Å². The molecule has 0 saturated carbocycles. The molecule has 0 spiro atoms. The molecule has 0 aliphatic rings. The molecule has 3 aromatic rings. The molecule has 0 saturated heterocycles. The molecule has 0 heterocycles. The van der Waals surface area contributed by atoms with Gasteiger partial charge in [0.15, 0.2) is 11.5 Å². The van der Waals surface area contributed by atoms with E-state index in [1.54, 1.807) is 44.7 Å². The average Bonchev–Trinajstić information content (AvgIpc) is 2.74. The van der Waals surface area contributed by atoms with E-state index < -0.39 is 0 Å². The van der Waals surface area contributed by atoms with Crippen molar-refractivity contribution in [1.82, 2.24) is 5.43 Å². The zero-order valence-electron chi connectivity index (χ0n) is 15.2. The highest BCUT2D eigenvalue weighted by Gasteiger charge is 2.06. The maximum Gasteiger partial charge on any atom is 0.271 e. The number of benzene rings is 3. The zero-order chi connectivity index (χ0) is 19.1. The van der Waals surface area contributed by atoms with Gasteiger partial charge >= 0.3 is 0 Å². The lowest BCUT2D eigenvalue weighted by Gasteiger charge is -2.07. The van der Waals surface area contributed by atoms with Crippen molar-refractivity contribution in [1.29, 1.82) is 0 Å². The summed E-state index contributed by atoms with van der Waals surface area (Å²) in [5.74, 6) is 0.966. The number of nitrogens with zero attached hydrogens (tertiary/aromatic N) is 1. The van der Waals surface area contributed by atoms with E-state index in [0.717, 1.165) is 16.7 Å². The van der Waals surface area contributed by atoms with Crippen molar-refractivity contribution in [3.8, 4) is 22.6 Å². The Labute approximate surface area is 158 Å². The van der Waals surface area contributed by atoms with Crippen molar-refractivity contribution in [3.63, 3.8) is 0 Å². The number of carbonyl (C=O) groups excluding carboxylic acids is 1. The minimum atomic E-state index is -0.272. The summed E-state index contributed by atoms with van der Waals surface area (Å²) in [7, 11) is 3.15. The van der Waals surface area contributed by atoms with Gasteiger partial charge in [0.1, 0.15) is 0 Å². The van der Waals surface area contributed by atoms with Gasteiger partial charge in [-0.1, -0.05) is 42.5 Å². The number of amides is 1. The molecule has 5 heteroatoms. The number of hydrazone groups is 1. The molecule has 0 bridgehead atoms. The van der Waals surface area contributed by atoms with Crippen LogP contribution in [-0.4, -0.2) is 26.3 Å². The maximum absolute atomic E-state index is 12.2. The molecule has 27 heavy (non-hydrogen) atoms. The molecule has 0 atom stereocenters. The molecule has 1 N–H and O–H groups in total. The molecule has 0 radical (unpaired) electrons. The maximum atomic E-state index is 12.2. The molecular weight excluding hydrogens is 340 g/mol. The predicted molar refractivity (Wildman–Crippen MR) is 106 cm³/mol. The second-order valence-electron chi connectivity index (χ2n) is 5.76. The van der Waals surface area contributed by atoms with E-state index in [-0.39, 0.29) is 5.91 Å². The van der Waals surface area contributed by atoms with Crippen molar-refractivity contribution in [2.45, 2.75) is 0 Å².